The van der Waals surface area contributed by atoms with Crippen LogP contribution in [0.1, 0.15) is 17.7 Å². The van der Waals surface area contributed by atoms with E-state index in [4.69, 9.17) is 0 Å². The summed E-state index contributed by atoms with van der Waals surface area (Å²) in [5.74, 6) is -0.184. The second-order valence-corrected chi connectivity index (χ2v) is 8.43. The number of sulfonamides is 1. The number of nitrogens with zero attached hydrogens (tertiary/aromatic N) is 2. The predicted octanol–water partition coefficient (Wildman–Crippen LogP) is 3.00. The van der Waals surface area contributed by atoms with Crippen LogP contribution in [0.25, 0.3) is 0 Å². The third kappa shape index (κ3) is 5.92. The number of hydrogen-bond donors (Lipinski definition) is 2. The number of benzene rings is 1. The van der Waals surface area contributed by atoms with Crippen molar-refractivity contribution in [1.82, 2.24) is 9.55 Å². The second-order valence-electron chi connectivity index (χ2n) is 6.71. The Bertz CT molecular complexity index is 1100. The molecule has 29 heavy (non-hydrogen) atoms. The number of hydrogen-bond acceptors (Lipinski definition) is 5. The van der Waals surface area contributed by atoms with E-state index in [1.54, 1.807) is 47.3 Å². The third-order valence-corrected chi connectivity index (χ3v) is 5.67. The highest BCUT2D eigenvalue weighted by molar-refractivity contribution is 7.91. The van der Waals surface area contributed by atoms with Crippen molar-refractivity contribution in [2.45, 2.75) is 25.6 Å². The zero-order chi connectivity index (χ0) is 20.7. The molecule has 0 saturated carbocycles. The number of aryl methyl sites for hydroxylation is 1. The largest absolute Gasteiger partial charge is 0.385 e. The molecular weight excluding hydrogens is 388 g/mol. The minimum atomic E-state index is -3.68. The van der Waals surface area contributed by atoms with E-state index in [0.717, 1.165) is 11.4 Å². The van der Waals surface area contributed by atoms with Crippen LogP contribution >= 0.6 is 0 Å². The monoisotopic (exact) mass is 412 g/mol. The molecule has 0 spiro atoms. The SMILES string of the molecule is Cc1ccc(NS(=O)(=O)Cc2ccccc2)c(=O)n1CCCNc1ccncc1. The zero-order valence-electron chi connectivity index (χ0n) is 16.2. The first-order chi connectivity index (χ1) is 13.9. The molecule has 0 amide bonds. The Hall–Kier alpha value is -3.13. The van der Waals surface area contributed by atoms with E-state index in [-0.39, 0.29) is 17.0 Å². The number of rotatable bonds is 9. The molecule has 0 aliphatic heterocycles. The van der Waals surface area contributed by atoms with Crippen LogP contribution in [0.4, 0.5) is 11.4 Å². The van der Waals surface area contributed by atoms with E-state index in [1.807, 2.05) is 25.1 Å². The van der Waals surface area contributed by atoms with E-state index in [2.05, 4.69) is 15.0 Å². The zero-order valence-corrected chi connectivity index (χ0v) is 17.0. The van der Waals surface area contributed by atoms with Crippen LogP contribution in [0, 0.1) is 6.92 Å². The Morgan fingerprint density at radius 2 is 1.72 bits per heavy atom. The molecule has 0 fully saturated rings. The first kappa shape index (κ1) is 20.6. The van der Waals surface area contributed by atoms with Gasteiger partial charge in [0.1, 0.15) is 5.69 Å². The van der Waals surface area contributed by atoms with E-state index in [0.29, 0.717) is 25.1 Å². The third-order valence-electron chi connectivity index (χ3n) is 4.43. The van der Waals surface area contributed by atoms with Crippen LogP contribution in [-0.2, 0) is 22.3 Å². The average Bonchev–Trinajstić information content (AvgIpc) is 2.70. The van der Waals surface area contributed by atoms with Crippen LogP contribution in [0.5, 0.6) is 0 Å². The van der Waals surface area contributed by atoms with Gasteiger partial charge in [-0.2, -0.15) is 0 Å². The molecule has 0 saturated heterocycles. The number of aromatic nitrogens is 2. The number of nitrogens with one attached hydrogen (secondary N) is 2. The lowest BCUT2D eigenvalue weighted by atomic mass is 10.2. The van der Waals surface area contributed by atoms with Crippen molar-refractivity contribution in [3.05, 3.63) is 88.6 Å². The fraction of sp³-hybridized carbons (Fsp3) is 0.238. The van der Waals surface area contributed by atoms with E-state index in [1.165, 1.54) is 6.07 Å². The van der Waals surface area contributed by atoms with Gasteiger partial charge in [0.25, 0.3) is 5.56 Å². The van der Waals surface area contributed by atoms with Crippen molar-refractivity contribution in [3.63, 3.8) is 0 Å². The van der Waals surface area contributed by atoms with Crippen LogP contribution in [0.2, 0.25) is 0 Å². The van der Waals surface area contributed by atoms with Crippen molar-refractivity contribution in [1.29, 1.82) is 0 Å². The summed E-state index contributed by atoms with van der Waals surface area (Å²) in [6.45, 7) is 3.00. The lowest BCUT2D eigenvalue weighted by Gasteiger charge is -2.14. The molecule has 3 rings (SSSR count). The molecular formula is C21H24N4O3S. The Balaban J connectivity index is 1.65. The highest BCUT2D eigenvalue weighted by atomic mass is 32.2. The summed E-state index contributed by atoms with van der Waals surface area (Å²) in [6, 6.07) is 15.9. The van der Waals surface area contributed by atoms with Crippen LogP contribution in [-0.4, -0.2) is 24.5 Å². The Labute approximate surface area is 170 Å². The number of pyridine rings is 2. The summed E-state index contributed by atoms with van der Waals surface area (Å²) in [6.07, 6.45) is 4.13. The summed E-state index contributed by atoms with van der Waals surface area (Å²) < 4.78 is 28.9. The molecule has 8 heteroatoms. The van der Waals surface area contributed by atoms with Gasteiger partial charge in [-0.25, -0.2) is 8.42 Å². The molecule has 2 heterocycles. The lowest BCUT2D eigenvalue weighted by molar-refractivity contribution is 0.599. The van der Waals surface area contributed by atoms with Crippen LogP contribution in [0.3, 0.4) is 0 Å². The van der Waals surface area contributed by atoms with E-state index in [9.17, 15) is 13.2 Å². The lowest BCUT2D eigenvalue weighted by Crippen LogP contribution is -2.28. The quantitative estimate of drug-likeness (QED) is 0.527. The van der Waals surface area contributed by atoms with Gasteiger partial charge in [-0.15, -0.1) is 0 Å². The van der Waals surface area contributed by atoms with Gasteiger partial charge in [0.05, 0.1) is 5.75 Å². The molecule has 0 unspecified atom stereocenters. The van der Waals surface area contributed by atoms with Gasteiger partial charge in [-0.1, -0.05) is 30.3 Å². The van der Waals surface area contributed by atoms with Crippen molar-refractivity contribution in [2.75, 3.05) is 16.6 Å². The Morgan fingerprint density at radius 1 is 1.00 bits per heavy atom. The van der Waals surface area contributed by atoms with Crippen molar-refractivity contribution < 1.29 is 8.42 Å². The molecule has 2 N–H and O–H groups in total. The van der Waals surface area contributed by atoms with Gasteiger partial charge >= 0.3 is 0 Å². The molecule has 0 bridgehead atoms. The summed E-state index contributed by atoms with van der Waals surface area (Å²) in [4.78, 5) is 16.8. The molecule has 7 nitrogen and oxygen atoms in total. The van der Waals surface area contributed by atoms with Crippen molar-refractivity contribution in [2.24, 2.45) is 0 Å². The molecule has 0 aliphatic carbocycles. The van der Waals surface area contributed by atoms with Crippen LogP contribution in [0.15, 0.2) is 71.8 Å². The maximum atomic E-state index is 12.8. The minimum Gasteiger partial charge on any atom is -0.385 e. The Morgan fingerprint density at radius 3 is 2.45 bits per heavy atom. The maximum Gasteiger partial charge on any atom is 0.275 e. The molecule has 3 aromatic rings. The molecule has 0 aliphatic rings. The second kappa shape index (κ2) is 9.38. The summed E-state index contributed by atoms with van der Waals surface area (Å²) >= 11 is 0. The molecule has 152 valence electrons. The van der Waals surface area contributed by atoms with Gasteiger partial charge < -0.3 is 9.88 Å². The topological polar surface area (TPSA) is 93.1 Å². The molecule has 2 aromatic heterocycles. The fourth-order valence-corrected chi connectivity index (χ4v) is 4.16. The average molecular weight is 413 g/mol. The standard InChI is InChI=1S/C21H24N4O3S/c1-17-8-9-20(24-29(27,28)16-18-6-3-2-4-7-18)21(26)25(17)15-5-12-23-19-10-13-22-14-11-19/h2-4,6-11,13-14,24H,5,12,15-16H2,1H3,(H,22,23). The normalized spacial score (nSPS) is 11.2. The first-order valence-electron chi connectivity index (χ1n) is 9.33. The van der Waals surface area contributed by atoms with Gasteiger partial charge in [-0.05, 0) is 43.2 Å². The van der Waals surface area contributed by atoms with Gasteiger partial charge in [-0.3, -0.25) is 14.5 Å². The smallest absolute Gasteiger partial charge is 0.275 e. The summed E-state index contributed by atoms with van der Waals surface area (Å²) in [5.41, 5.74) is 2.13. The minimum absolute atomic E-state index is 0.0635. The number of anilines is 2. The highest BCUT2D eigenvalue weighted by Crippen LogP contribution is 2.11. The van der Waals surface area contributed by atoms with Crippen molar-refractivity contribution >= 4 is 21.4 Å². The first-order valence-corrected chi connectivity index (χ1v) is 11.0. The molecule has 1 aromatic carbocycles. The Kier molecular flexibility index (Phi) is 6.66. The van der Waals surface area contributed by atoms with Gasteiger partial charge in [0.15, 0.2) is 0 Å². The van der Waals surface area contributed by atoms with E-state index >= 15 is 0 Å². The van der Waals surface area contributed by atoms with E-state index < -0.39 is 10.0 Å². The molecule has 0 atom stereocenters. The molecule has 0 radical (unpaired) electrons. The van der Waals surface area contributed by atoms with Crippen molar-refractivity contribution in [3.8, 4) is 0 Å². The summed E-state index contributed by atoms with van der Waals surface area (Å²) in [7, 11) is -3.68. The fourth-order valence-electron chi connectivity index (χ4n) is 2.96. The van der Waals surface area contributed by atoms with Crippen LogP contribution < -0.4 is 15.6 Å². The maximum absolute atomic E-state index is 12.8. The predicted molar refractivity (Wildman–Crippen MR) is 115 cm³/mol. The van der Waals surface area contributed by atoms with Gasteiger partial charge in [0.2, 0.25) is 10.0 Å². The summed E-state index contributed by atoms with van der Waals surface area (Å²) in [5, 5.41) is 3.27. The highest BCUT2D eigenvalue weighted by Gasteiger charge is 2.15. The van der Waals surface area contributed by atoms with Gasteiger partial charge in [0, 0.05) is 36.9 Å².